The van der Waals surface area contributed by atoms with Crippen LogP contribution in [0.5, 0.6) is 0 Å². The van der Waals surface area contributed by atoms with Crippen molar-refractivity contribution in [3.05, 3.63) is 77.2 Å². The minimum atomic E-state index is -0.195. The van der Waals surface area contributed by atoms with E-state index in [1.54, 1.807) is 0 Å². The highest BCUT2D eigenvalue weighted by atomic mass is 16.3. The van der Waals surface area contributed by atoms with Crippen molar-refractivity contribution in [2.75, 3.05) is 0 Å². The van der Waals surface area contributed by atoms with Crippen molar-refractivity contribution < 1.29 is 9.21 Å². The lowest BCUT2D eigenvalue weighted by atomic mass is 9.99. The molecule has 136 valence electrons. The Balaban J connectivity index is 1.54. The molecule has 0 fully saturated rings. The molecule has 0 aliphatic heterocycles. The summed E-state index contributed by atoms with van der Waals surface area (Å²) in [4.78, 5) is 17.3. The average molecular weight is 358 g/mol. The normalized spacial score (nSPS) is 12.4. The van der Waals surface area contributed by atoms with Gasteiger partial charge >= 0.3 is 0 Å². The van der Waals surface area contributed by atoms with Crippen LogP contribution in [-0.4, -0.2) is 10.9 Å². The predicted octanol–water partition coefficient (Wildman–Crippen LogP) is 5.02. The predicted molar refractivity (Wildman–Crippen MR) is 108 cm³/mol. The summed E-state index contributed by atoms with van der Waals surface area (Å²) in [5.41, 5.74) is 4.80. The van der Waals surface area contributed by atoms with Crippen molar-refractivity contribution in [2.45, 2.75) is 33.2 Å². The van der Waals surface area contributed by atoms with Gasteiger partial charge < -0.3 is 9.73 Å². The van der Waals surface area contributed by atoms with Crippen LogP contribution in [0, 0.1) is 13.8 Å². The van der Waals surface area contributed by atoms with Gasteiger partial charge in [-0.1, -0.05) is 36.4 Å². The molecule has 4 nitrogen and oxygen atoms in total. The fraction of sp³-hybridized carbons (Fsp3) is 0.217. The van der Waals surface area contributed by atoms with E-state index >= 15 is 0 Å². The molecule has 0 saturated heterocycles. The molecule has 0 aliphatic carbocycles. The van der Waals surface area contributed by atoms with Crippen molar-refractivity contribution in [2.24, 2.45) is 0 Å². The third-order valence-electron chi connectivity index (χ3n) is 5.07. The molecule has 27 heavy (non-hydrogen) atoms. The van der Waals surface area contributed by atoms with Gasteiger partial charge in [-0.3, -0.25) is 9.78 Å². The molecular weight excluding hydrogens is 336 g/mol. The number of nitrogens with zero attached hydrogens (tertiary/aromatic N) is 1. The van der Waals surface area contributed by atoms with Gasteiger partial charge in [0.25, 0.3) is 0 Å². The topological polar surface area (TPSA) is 55.1 Å². The zero-order chi connectivity index (χ0) is 19.0. The molecule has 4 rings (SSSR count). The van der Waals surface area contributed by atoms with Gasteiger partial charge in [0.15, 0.2) is 0 Å². The van der Waals surface area contributed by atoms with Gasteiger partial charge in [0.2, 0.25) is 5.91 Å². The number of benzene rings is 2. The zero-order valence-electron chi connectivity index (χ0n) is 15.7. The lowest BCUT2D eigenvalue weighted by Crippen LogP contribution is -2.28. The molecule has 0 saturated carbocycles. The summed E-state index contributed by atoms with van der Waals surface area (Å²) in [6, 6.07) is 17.7. The molecule has 0 spiro atoms. The molecule has 1 amide bonds. The minimum absolute atomic E-state index is 0.0359. The second kappa shape index (κ2) is 6.88. The Morgan fingerprint density at radius 3 is 2.67 bits per heavy atom. The van der Waals surface area contributed by atoms with Crippen molar-refractivity contribution in [3.63, 3.8) is 0 Å². The Morgan fingerprint density at radius 1 is 1.11 bits per heavy atom. The molecule has 2 aromatic carbocycles. The maximum Gasteiger partial charge on any atom is 0.225 e. The maximum absolute atomic E-state index is 12.7. The number of fused-ring (bicyclic) bond motifs is 2. The molecule has 1 unspecified atom stereocenters. The van der Waals surface area contributed by atoms with E-state index in [4.69, 9.17) is 4.42 Å². The van der Waals surface area contributed by atoms with E-state index in [0.29, 0.717) is 6.42 Å². The largest absolute Gasteiger partial charge is 0.459 e. The smallest absolute Gasteiger partial charge is 0.225 e. The summed E-state index contributed by atoms with van der Waals surface area (Å²) < 4.78 is 5.86. The summed E-state index contributed by atoms with van der Waals surface area (Å²) in [5, 5.41) is 5.18. The van der Waals surface area contributed by atoms with Crippen LogP contribution in [0.1, 0.15) is 35.5 Å². The Morgan fingerprint density at radius 2 is 1.85 bits per heavy atom. The van der Waals surface area contributed by atoms with Gasteiger partial charge in [-0.25, -0.2) is 0 Å². The summed E-state index contributed by atoms with van der Waals surface area (Å²) in [6.07, 6.45) is 0.306. The summed E-state index contributed by atoms with van der Waals surface area (Å²) in [6.45, 7) is 5.96. The average Bonchev–Trinajstić information content (AvgIpc) is 3.09. The van der Waals surface area contributed by atoms with Crippen LogP contribution >= 0.6 is 0 Å². The van der Waals surface area contributed by atoms with Crippen molar-refractivity contribution in [3.8, 4) is 0 Å². The third kappa shape index (κ3) is 3.31. The highest BCUT2D eigenvalue weighted by Gasteiger charge is 2.17. The van der Waals surface area contributed by atoms with E-state index in [0.717, 1.165) is 44.5 Å². The summed E-state index contributed by atoms with van der Waals surface area (Å²) in [5.74, 6) is 0.723. The van der Waals surface area contributed by atoms with Crippen molar-refractivity contribution in [1.29, 1.82) is 0 Å². The van der Waals surface area contributed by atoms with Gasteiger partial charge in [-0.15, -0.1) is 0 Å². The molecular formula is C23H22N2O2. The van der Waals surface area contributed by atoms with Gasteiger partial charge in [0, 0.05) is 16.5 Å². The molecule has 2 heterocycles. The van der Waals surface area contributed by atoms with Crippen LogP contribution < -0.4 is 5.32 Å². The van der Waals surface area contributed by atoms with E-state index in [2.05, 4.69) is 23.3 Å². The van der Waals surface area contributed by atoms with Gasteiger partial charge in [0.1, 0.15) is 11.3 Å². The Bertz CT molecular complexity index is 1110. The zero-order valence-corrected chi connectivity index (χ0v) is 15.7. The highest BCUT2D eigenvalue weighted by molar-refractivity contribution is 5.86. The second-order valence-electron chi connectivity index (χ2n) is 6.97. The monoisotopic (exact) mass is 358 g/mol. The Labute approximate surface area is 158 Å². The fourth-order valence-electron chi connectivity index (χ4n) is 3.57. The number of pyridine rings is 1. The standard InChI is InChI=1S/C23H22N2O2/c1-14-18-9-5-6-10-20(18)24-15(2)19(14)13-23(26)25-16(3)22-12-17-8-4-7-11-21(17)27-22/h4-12,16H,13H2,1-3H3,(H,25,26). The number of rotatable bonds is 4. The second-order valence-corrected chi connectivity index (χ2v) is 6.97. The number of amides is 1. The van der Waals surface area contributed by atoms with Crippen molar-refractivity contribution >= 4 is 27.8 Å². The number of hydrogen-bond donors (Lipinski definition) is 1. The van der Waals surface area contributed by atoms with Crippen LogP contribution in [0.15, 0.2) is 59.0 Å². The first kappa shape index (κ1) is 17.3. The van der Waals surface area contributed by atoms with Gasteiger partial charge in [0.05, 0.1) is 18.0 Å². The molecule has 1 atom stereocenters. The first-order valence-corrected chi connectivity index (χ1v) is 9.15. The molecule has 4 heteroatoms. The number of para-hydroxylation sites is 2. The minimum Gasteiger partial charge on any atom is -0.459 e. The first-order valence-electron chi connectivity index (χ1n) is 9.15. The van der Waals surface area contributed by atoms with E-state index in [1.165, 1.54) is 0 Å². The number of nitrogens with one attached hydrogen (secondary N) is 1. The molecule has 1 N–H and O–H groups in total. The third-order valence-corrected chi connectivity index (χ3v) is 5.07. The van der Waals surface area contributed by atoms with E-state index in [9.17, 15) is 4.79 Å². The van der Waals surface area contributed by atoms with Gasteiger partial charge in [-0.2, -0.15) is 0 Å². The molecule has 0 aliphatic rings. The van der Waals surface area contributed by atoms with Gasteiger partial charge in [-0.05, 0) is 50.1 Å². The number of carbonyl (C=O) groups is 1. The van der Waals surface area contributed by atoms with E-state index in [-0.39, 0.29) is 11.9 Å². The molecule has 4 aromatic rings. The fourth-order valence-corrected chi connectivity index (χ4v) is 3.57. The highest BCUT2D eigenvalue weighted by Crippen LogP contribution is 2.25. The van der Waals surface area contributed by atoms with Crippen LogP contribution in [0.2, 0.25) is 0 Å². The quantitative estimate of drug-likeness (QED) is 0.557. The summed E-state index contributed by atoms with van der Waals surface area (Å²) >= 11 is 0. The Kier molecular flexibility index (Phi) is 4.40. The lowest BCUT2D eigenvalue weighted by Gasteiger charge is -2.15. The number of carbonyl (C=O) groups excluding carboxylic acids is 1. The first-order chi connectivity index (χ1) is 13.0. The maximum atomic E-state index is 12.7. The number of furan rings is 1. The molecule has 0 radical (unpaired) electrons. The number of hydrogen-bond acceptors (Lipinski definition) is 3. The molecule has 2 aromatic heterocycles. The van der Waals surface area contributed by atoms with Crippen LogP contribution in [0.4, 0.5) is 0 Å². The van der Waals surface area contributed by atoms with Crippen LogP contribution in [0.3, 0.4) is 0 Å². The van der Waals surface area contributed by atoms with Crippen LogP contribution in [-0.2, 0) is 11.2 Å². The summed E-state index contributed by atoms with van der Waals surface area (Å²) in [7, 11) is 0. The van der Waals surface area contributed by atoms with Crippen LogP contribution in [0.25, 0.3) is 21.9 Å². The Hall–Kier alpha value is -3.14. The lowest BCUT2D eigenvalue weighted by molar-refractivity contribution is -0.121. The number of aromatic nitrogens is 1. The van der Waals surface area contributed by atoms with Crippen molar-refractivity contribution in [1.82, 2.24) is 10.3 Å². The number of aryl methyl sites for hydroxylation is 2. The molecule has 0 bridgehead atoms. The van der Waals surface area contributed by atoms with E-state index < -0.39 is 0 Å². The SMILES string of the molecule is Cc1nc2ccccc2c(C)c1CC(=O)NC(C)c1cc2ccccc2o1. The van der Waals surface area contributed by atoms with E-state index in [1.807, 2.05) is 62.4 Å².